The first-order chi connectivity index (χ1) is 14.0. The van der Waals surface area contributed by atoms with Crippen LogP contribution in [0, 0.1) is 0 Å². The van der Waals surface area contributed by atoms with E-state index in [4.69, 9.17) is 18.8 Å². The zero-order valence-electron chi connectivity index (χ0n) is 16.6. The summed E-state index contributed by atoms with van der Waals surface area (Å²) >= 11 is 0. The Hall–Kier alpha value is -2.96. The molecule has 0 spiro atoms. The van der Waals surface area contributed by atoms with E-state index in [9.17, 15) is 9.59 Å². The molecule has 4 rings (SSSR count). The fraction of sp³-hybridized carbons (Fsp3) is 0.364. The molecule has 2 aromatic carbocycles. The van der Waals surface area contributed by atoms with E-state index in [0.29, 0.717) is 11.5 Å². The first-order valence-corrected chi connectivity index (χ1v) is 9.68. The maximum absolute atomic E-state index is 12.0. The van der Waals surface area contributed by atoms with Gasteiger partial charge in [-0.25, -0.2) is 0 Å². The lowest BCUT2D eigenvalue weighted by molar-refractivity contribution is -0.144. The summed E-state index contributed by atoms with van der Waals surface area (Å²) in [5.41, 5.74) is 0.948. The Morgan fingerprint density at radius 2 is 1.03 bits per heavy atom. The first kappa shape index (κ1) is 19.4. The monoisotopic (exact) mass is 394 g/mol. The van der Waals surface area contributed by atoms with E-state index < -0.39 is 10.8 Å². The molecule has 29 heavy (non-hydrogen) atoms. The van der Waals surface area contributed by atoms with Crippen molar-refractivity contribution >= 4 is 19.6 Å². The second-order valence-electron chi connectivity index (χ2n) is 7.60. The Labute approximate surface area is 170 Å². The molecule has 2 aliphatic rings. The maximum atomic E-state index is 12.0. The van der Waals surface area contributed by atoms with Gasteiger partial charge in [-0.15, -0.1) is 0 Å². The van der Waals surface area contributed by atoms with E-state index in [0.717, 1.165) is 36.8 Å². The smallest absolute Gasteiger partial charge is 0.529 e. The summed E-state index contributed by atoms with van der Waals surface area (Å²) in [4.78, 5) is 23.9. The molecule has 2 fully saturated rings. The molecule has 0 atom stereocenters. The molecule has 7 heteroatoms. The van der Waals surface area contributed by atoms with E-state index in [1.54, 1.807) is 0 Å². The predicted octanol–water partition coefficient (Wildman–Crippen LogP) is 2.82. The molecule has 0 aliphatic heterocycles. The lowest BCUT2D eigenvalue weighted by Gasteiger charge is -2.14. The summed E-state index contributed by atoms with van der Waals surface area (Å²) in [6.45, 7) is 0. The van der Waals surface area contributed by atoms with Gasteiger partial charge < -0.3 is 18.8 Å². The number of ether oxygens (including phenoxy) is 2. The Morgan fingerprint density at radius 3 is 1.31 bits per heavy atom. The molecular weight excluding hydrogens is 371 g/mol. The van der Waals surface area contributed by atoms with Gasteiger partial charge in [0.15, 0.2) is 0 Å². The minimum atomic E-state index is -0.478. The fourth-order valence-electron chi connectivity index (χ4n) is 3.77. The standard InChI is InChI=1S/C22H23BO6/c1-26-19(24)21(11-12-21)15-3-7-17(8-4-15)28-23-29-18-9-5-16(6-10-18)22(13-14-22)20(25)27-2/h3-10,23H,11-14H2,1-2H3. The fourth-order valence-corrected chi connectivity index (χ4v) is 3.77. The molecule has 2 aliphatic carbocycles. The lowest BCUT2D eigenvalue weighted by Crippen LogP contribution is -2.21. The summed E-state index contributed by atoms with van der Waals surface area (Å²) < 4.78 is 21.1. The molecule has 0 bridgehead atoms. The average Bonchev–Trinajstić information content (AvgIpc) is 3.68. The van der Waals surface area contributed by atoms with E-state index in [1.807, 2.05) is 48.5 Å². The normalized spacial score (nSPS) is 17.6. The van der Waals surface area contributed by atoms with Crippen molar-refractivity contribution in [3.63, 3.8) is 0 Å². The molecule has 0 amide bonds. The molecule has 0 heterocycles. The molecule has 150 valence electrons. The Balaban J connectivity index is 1.31. The molecule has 6 nitrogen and oxygen atoms in total. The highest BCUT2D eigenvalue weighted by Crippen LogP contribution is 2.50. The van der Waals surface area contributed by atoms with E-state index >= 15 is 0 Å². The van der Waals surface area contributed by atoms with Crippen molar-refractivity contribution in [3.8, 4) is 11.5 Å². The number of benzene rings is 2. The number of methoxy groups -OCH3 is 2. The Kier molecular flexibility index (Phi) is 4.98. The second kappa shape index (κ2) is 7.46. The average molecular weight is 394 g/mol. The van der Waals surface area contributed by atoms with E-state index in [2.05, 4.69) is 0 Å². The number of hydrogen-bond acceptors (Lipinski definition) is 6. The molecule has 0 aromatic heterocycles. The van der Waals surface area contributed by atoms with Crippen molar-refractivity contribution in [2.75, 3.05) is 14.2 Å². The minimum absolute atomic E-state index is 0.0585. The molecule has 0 unspecified atom stereocenters. The summed E-state index contributed by atoms with van der Waals surface area (Å²) in [6.07, 6.45) is 3.26. The van der Waals surface area contributed by atoms with Gasteiger partial charge in [0.2, 0.25) is 0 Å². The van der Waals surface area contributed by atoms with Gasteiger partial charge in [-0.3, -0.25) is 9.59 Å². The summed E-state index contributed by atoms with van der Waals surface area (Å²) in [6, 6.07) is 14.9. The zero-order valence-corrected chi connectivity index (χ0v) is 16.6. The van der Waals surface area contributed by atoms with Crippen LogP contribution in [0.2, 0.25) is 0 Å². The number of hydrogen-bond donors (Lipinski definition) is 0. The van der Waals surface area contributed by atoms with Crippen molar-refractivity contribution in [3.05, 3.63) is 59.7 Å². The van der Waals surface area contributed by atoms with Crippen molar-refractivity contribution in [2.45, 2.75) is 36.5 Å². The topological polar surface area (TPSA) is 71.1 Å². The Bertz CT molecular complexity index is 822. The van der Waals surface area contributed by atoms with Gasteiger partial charge in [0.25, 0.3) is 0 Å². The van der Waals surface area contributed by atoms with Gasteiger partial charge >= 0.3 is 19.6 Å². The van der Waals surface area contributed by atoms with Crippen LogP contribution in [0.1, 0.15) is 36.8 Å². The number of carbonyl (C=O) groups is 2. The summed E-state index contributed by atoms with van der Waals surface area (Å²) in [5.74, 6) is 0.957. The highest BCUT2D eigenvalue weighted by molar-refractivity contribution is 6.20. The van der Waals surface area contributed by atoms with Crippen molar-refractivity contribution in [2.24, 2.45) is 0 Å². The van der Waals surface area contributed by atoms with E-state index in [1.165, 1.54) is 14.2 Å². The highest BCUT2D eigenvalue weighted by Gasteiger charge is 2.53. The molecule has 2 saturated carbocycles. The van der Waals surface area contributed by atoms with Gasteiger partial charge in [-0.05, 0) is 61.1 Å². The third-order valence-corrected chi connectivity index (χ3v) is 5.92. The quantitative estimate of drug-likeness (QED) is 0.507. The van der Waals surface area contributed by atoms with Crippen LogP contribution in [0.15, 0.2) is 48.5 Å². The highest BCUT2D eigenvalue weighted by atomic mass is 16.6. The summed E-state index contributed by atoms with van der Waals surface area (Å²) in [7, 11) is 2.90. The van der Waals surface area contributed by atoms with Crippen LogP contribution in [-0.4, -0.2) is 33.8 Å². The van der Waals surface area contributed by atoms with Gasteiger partial charge in [-0.1, -0.05) is 24.3 Å². The van der Waals surface area contributed by atoms with Gasteiger partial charge in [-0.2, -0.15) is 0 Å². The van der Waals surface area contributed by atoms with Crippen molar-refractivity contribution < 1.29 is 28.4 Å². The number of rotatable bonds is 8. The summed E-state index contributed by atoms with van der Waals surface area (Å²) in [5, 5.41) is 0. The molecule has 0 radical (unpaired) electrons. The van der Waals surface area contributed by atoms with Crippen LogP contribution in [0.3, 0.4) is 0 Å². The largest absolute Gasteiger partial charge is 0.576 e. The second-order valence-corrected chi connectivity index (χ2v) is 7.60. The van der Waals surface area contributed by atoms with Crippen LogP contribution < -0.4 is 9.31 Å². The van der Waals surface area contributed by atoms with Crippen molar-refractivity contribution in [1.29, 1.82) is 0 Å². The van der Waals surface area contributed by atoms with E-state index in [-0.39, 0.29) is 19.6 Å². The molecule has 2 aromatic rings. The molecule has 0 saturated heterocycles. The predicted molar refractivity (Wildman–Crippen MR) is 107 cm³/mol. The van der Waals surface area contributed by atoms with Crippen LogP contribution in [0.4, 0.5) is 0 Å². The number of carbonyl (C=O) groups excluding carboxylic acids is 2. The van der Waals surface area contributed by atoms with Crippen LogP contribution in [0.25, 0.3) is 0 Å². The maximum Gasteiger partial charge on any atom is 0.576 e. The molecule has 0 N–H and O–H groups in total. The first-order valence-electron chi connectivity index (χ1n) is 9.68. The molecular formula is C22H23BO6. The van der Waals surface area contributed by atoms with Crippen molar-refractivity contribution in [1.82, 2.24) is 0 Å². The SMILES string of the molecule is COC(=O)C1(c2ccc(OBOc3ccc(C4(C(=O)OC)CC4)cc3)cc2)CC1. The van der Waals surface area contributed by atoms with Gasteiger partial charge in [0.1, 0.15) is 11.5 Å². The minimum Gasteiger partial charge on any atom is -0.529 e. The number of esters is 2. The Morgan fingerprint density at radius 1 is 0.690 bits per heavy atom. The lowest BCUT2D eigenvalue weighted by atomic mass is 9.96. The third kappa shape index (κ3) is 3.57. The van der Waals surface area contributed by atoms with Crippen LogP contribution in [0.5, 0.6) is 11.5 Å². The van der Waals surface area contributed by atoms with Gasteiger partial charge in [0.05, 0.1) is 25.0 Å². The van der Waals surface area contributed by atoms with Crippen LogP contribution in [-0.2, 0) is 29.9 Å². The van der Waals surface area contributed by atoms with Crippen LogP contribution >= 0.6 is 0 Å². The van der Waals surface area contributed by atoms with Gasteiger partial charge in [0, 0.05) is 0 Å². The zero-order chi connectivity index (χ0) is 20.5. The third-order valence-electron chi connectivity index (χ3n) is 5.92.